The third-order valence-electron chi connectivity index (χ3n) is 1.70. The number of aryl methyl sites for hydroxylation is 1. The molecule has 0 N–H and O–H groups in total. The number of rotatable bonds is 2. The molecule has 0 aliphatic carbocycles. The summed E-state index contributed by atoms with van der Waals surface area (Å²) in [5.74, 6) is 0.134. The lowest BCUT2D eigenvalue weighted by Crippen LogP contribution is -2.09. The number of halogens is 1. The molecular formula is C10H11BrO. The quantitative estimate of drug-likeness (QED) is 0.560. The van der Waals surface area contributed by atoms with Crippen molar-refractivity contribution < 1.29 is 4.79 Å². The maximum absolute atomic E-state index is 11.4. The number of hydrogen-bond acceptors (Lipinski definition) is 1. The number of alkyl halides is 1. The molecule has 1 aromatic carbocycles. The molecule has 0 aliphatic heterocycles. The van der Waals surface area contributed by atoms with E-state index < -0.39 is 0 Å². The Bertz CT molecular complexity index is 274. The van der Waals surface area contributed by atoms with E-state index in [2.05, 4.69) is 15.9 Å². The van der Waals surface area contributed by atoms with Crippen molar-refractivity contribution in [2.75, 3.05) is 0 Å². The van der Waals surface area contributed by atoms with E-state index in [1.54, 1.807) is 0 Å². The lowest BCUT2D eigenvalue weighted by Gasteiger charge is -2.02. The van der Waals surface area contributed by atoms with Crippen LogP contribution in [0, 0.1) is 6.92 Å². The second-order valence-corrected chi connectivity index (χ2v) is 4.22. The van der Waals surface area contributed by atoms with Gasteiger partial charge in [-0.05, 0) is 13.8 Å². The Morgan fingerprint density at radius 3 is 2.25 bits per heavy atom. The Balaban J connectivity index is 2.90. The number of hydrogen-bond donors (Lipinski definition) is 0. The zero-order valence-corrected chi connectivity index (χ0v) is 8.76. The van der Waals surface area contributed by atoms with E-state index in [0.29, 0.717) is 0 Å². The first-order valence-electron chi connectivity index (χ1n) is 3.86. The van der Waals surface area contributed by atoms with Gasteiger partial charge in [-0.25, -0.2) is 0 Å². The summed E-state index contributed by atoms with van der Waals surface area (Å²) >= 11 is 3.25. The van der Waals surface area contributed by atoms with Gasteiger partial charge in [-0.1, -0.05) is 45.8 Å². The SMILES string of the molecule is Cc1ccc(C(=O)[C@@H](C)Br)cc1. The van der Waals surface area contributed by atoms with Gasteiger partial charge in [-0.2, -0.15) is 0 Å². The molecular weight excluding hydrogens is 216 g/mol. The normalized spacial score (nSPS) is 12.6. The number of carbonyl (C=O) groups is 1. The summed E-state index contributed by atoms with van der Waals surface area (Å²) < 4.78 is 0. The van der Waals surface area contributed by atoms with Crippen LogP contribution < -0.4 is 0 Å². The van der Waals surface area contributed by atoms with Gasteiger partial charge in [0.15, 0.2) is 5.78 Å². The Labute approximate surface area is 80.9 Å². The van der Waals surface area contributed by atoms with Gasteiger partial charge in [0, 0.05) is 5.56 Å². The highest BCUT2D eigenvalue weighted by molar-refractivity contribution is 9.10. The highest BCUT2D eigenvalue weighted by Crippen LogP contribution is 2.10. The molecule has 64 valence electrons. The van der Waals surface area contributed by atoms with Crippen molar-refractivity contribution in [1.82, 2.24) is 0 Å². The fourth-order valence-corrected chi connectivity index (χ4v) is 1.21. The first-order chi connectivity index (χ1) is 5.61. The van der Waals surface area contributed by atoms with Gasteiger partial charge in [-0.15, -0.1) is 0 Å². The van der Waals surface area contributed by atoms with Crippen molar-refractivity contribution in [2.45, 2.75) is 18.7 Å². The van der Waals surface area contributed by atoms with Gasteiger partial charge < -0.3 is 0 Å². The van der Waals surface area contributed by atoms with Crippen LogP contribution in [0.15, 0.2) is 24.3 Å². The second kappa shape index (κ2) is 3.85. The Hall–Kier alpha value is -0.630. The highest BCUT2D eigenvalue weighted by Gasteiger charge is 2.10. The first-order valence-corrected chi connectivity index (χ1v) is 4.78. The minimum Gasteiger partial charge on any atom is -0.293 e. The second-order valence-electron chi connectivity index (χ2n) is 2.85. The van der Waals surface area contributed by atoms with Crippen LogP contribution in [0.5, 0.6) is 0 Å². The summed E-state index contributed by atoms with van der Waals surface area (Å²) in [6, 6.07) is 7.61. The minimum atomic E-state index is -0.0970. The van der Waals surface area contributed by atoms with Gasteiger partial charge >= 0.3 is 0 Å². The summed E-state index contributed by atoms with van der Waals surface area (Å²) in [5, 5.41) is 0. The van der Waals surface area contributed by atoms with Crippen molar-refractivity contribution in [3.8, 4) is 0 Å². The zero-order valence-electron chi connectivity index (χ0n) is 7.17. The lowest BCUT2D eigenvalue weighted by atomic mass is 10.1. The van der Waals surface area contributed by atoms with Crippen molar-refractivity contribution >= 4 is 21.7 Å². The van der Waals surface area contributed by atoms with Crippen LogP contribution in [0.4, 0.5) is 0 Å². The molecule has 1 nitrogen and oxygen atoms in total. The average molecular weight is 227 g/mol. The molecule has 0 bridgehead atoms. The van der Waals surface area contributed by atoms with E-state index in [1.807, 2.05) is 38.1 Å². The number of Topliss-reactive ketones (excluding diaryl/α,β-unsaturated/α-hetero) is 1. The Morgan fingerprint density at radius 1 is 1.33 bits per heavy atom. The van der Waals surface area contributed by atoms with E-state index in [0.717, 1.165) is 5.56 Å². The van der Waals surface area contributed by atoms with E-state index in [4.69, 9.17) is 0 Å². The summed E-state index contributed by atoms with van der Waals surface area (Å²) in [7, 11) is 0. The van der Waals surface area contributed by atoms with Crippen LogP contribution in [0.25, 0.3) is 0 Å². The van der Waals surface area contributed by atoms with Gasteiger partial charge in [0.2, 0.25) is 0 Å². The van der Waals surface area contributed by atoms with Gasteiger partial charge in [0.05, 0.1) is 4.83 Å². The zero-order chi connectivity index (χ0) is 9.14. The minimum absolute atomic E-state index is 0.0970. The van der Waals surface area contributed by atoms with Gasteiger partial charge in [-0.3, -0.25) is 4.79 Å². The molecule has 0 spiro atoms. The van der Waals surface area contributed by atoms with Crippen LogP contribution in [-0.2, 0) is 0 Å². The van der Waals surface area contributed by atoms with Crippen LogP contribution >= 0.6 is 15.9 Å². The van der Waals surface area contributed by atoms with Crippen LogP contribution in [0.3, 0.4) is 0 Å². The largest absolute Gasteiger partial charge is 0.293 e. The standard InChI is InChI=1S/C10H11BrO/c1-7-3-5-9(6-4-7)10(12)8(2)11/h3-6,8H,1-2H3/t8-/m1/s1. The lowest BCUT2D eigenvalue weighted by molar-refractivity contribution is 0.0996. The molecule has 0 heterocycles. The third-order valence-corrected chi connectivity index (χ3v) is 2.11. The Kier molecular flexibility index (Phi) is 3.04. The molecule has 0 radical (unpaired) electrons. The fraction of sp³-hybridized carbons (Fsp3) is 0.300. The predicted octanol–water partition coefficient (Wildman–Crippen LogP) is 2.96. The molecule has 0 saturated carbocycles. The summed E-state index contributed by atoms with van der Waals surface area (Å²) in [4.78, 5) is 11.3. The van der Waals surface area contributed by atoms with Crippen LogP contribution in [-0.4, -0.2) is 10.6 Å². The molecule has 0 amide bonds. The molecule has 1 aromatic rings. The maximum atomic E-state index is 11.4. The number of ketones is 1. The van der Waals surface area contributed by atoms with Crippen LogP contribution in [0.1, 0.15) is 22.8 Å². The molecule has 0 aliphatic rings. The van der Waals surface area contributed by atoms with Crippen molar-refractivity contribution in [3.05, 3.63) is 35.4 Å². The third kappa shape index (κ3) is 2.18. The monoisotopic (exact) mass is 226 g/mol. The summed E-state index contributed by atoms with van der Waals surface area (Å²) in [6.45, 7) is 3.84. The molecule has 0 unspecified atom stereocenters. The smallest absolute Gasteiger partial charge is 0.176 e. The molecule has 0 aromatic heterocycles. The highest BCUT2D eigenvalue weighted by atomic mass is 79.9. The van der Waals surface area contributed by atoms with E-state index >= 15 is 0 Å². The molecule has 0 saturated heterocycles. The predicted molar refractivity (Wildman–Crippen MR) is 53.9 cm³/mol. The van der Waals surface area contributed by atoms with Crippen molar-refractivity contribution in [3.63, 3.8) is 0 Å². The molecule has 2 heteroatoms. The number of benzene rings is 1. The molecule has 1 atom stereocenters. The Morgan fingerprint density at radius 2 is 1.83 bits per heavy atom. The maximum Gasteiger partial charge on any atom is 0.176 e. The van der Waals surface area contributed by atoms with Gasteiger partial charge in [0.25, 0.3) is 0 Å². The van der Waals surface area contributed by atoms with E-state index in [-0.39, 0.29) is 10.6 Å². The van der Waals surface area contributed by atoms with E-state index in [1.165, 1.54) is 5.56 Å². The van der Waals surface area contributed by atoms with Crippen molar-refractivity contribution in [2.24, 2.45) is 0 Å². The fourth-order valence-electron chi connectivity index (χ4n) is 0.947. The number of carbonyl (C=O) groups excluding carboxylic acids is 1. The topological polar surface area (TPSA) is 17.1 Å². The summed E-state index contributed by atoms with van der Waals surface area (Å²) in [6.07, 6.45) is 0. The van der Waals surface area contributed by atoms with Crippen molar-refractivity contribution in [1.29, 1.82) is 0 Å². The molecule has 1 rings (SSSR count). The van der Waals surface area contributed by atoms with E-state index in [9.17, 15) is 4.79 Å². The van der Waals surface area contributed by atoms with Gasteiger partial charge in [0.1, 0.15) is 0 Å². The molecule has 0 fully saturated rings. The van der Waals surface area contributed by atoms with Crippen LogP contribution in [0.2, 0.25) is 0 Å². The summed E-state index contributed by atoms with van der Waals surface area (Å²) in [5.41, 5.74) is 1.94. The molecule has 12 heavy (non-hydrogen) atoms. The first kappa shape index (κ1) is 9.46. The average Bonchev–Trinajstić information content (AvgIpc) is 2.04.